The molecule has 3 aromatic rings. The zero-order valence-electron chi connectivity index (χ0n) is 10.6. The van der Waals surface area contributed by atoms with Crippen molar-refractivity contribution in [2.75, 3.05) is 0 Å². The highest BCUT2D eigenvalue weighted by atomic mass is 32.2. The zero-order chi connectivity index (χ0) is 14.1. The van der Waals surface area contributed by atoms with Gasteiger partial charge in [-0.25, -0.2) is 14.5 Å². The van der Waals surface area contributed by atoms with Gasteiger partial charge < -0.3 is 5.11 Å². The summed E-state index contributed by atoms with van der Waals surface area (Å²) in [6.07, 6.45) is 1.50. The van der Waals surface area contributed by atoms with Gasteiger partial charge in [0, 0.05) is 11.9 Å². The molecule has 0 radical (unpaired) electrons. The smallest absolute Gasteiger partial charge is 0.336 e. The number of rotatable bonds is 3. The summed E-state index contributed by atoms with van der Waals surface area (Å²) < 4.78 is 1.69. The molecular formula is C14H11N3O2S. The first-order chi connectivity index (χ1) is 9.66. The SMILES string of the molecule is Cn1ncnc1Sc1ccc(C(=O)O)c2ccccc12. The minimum atomic E-state index is -0.920. The zero-order valence-corrected chi connectivity index (χ0v) is 11.5. The van der Waals surface area contributed by atoms with Gasteiger partial charge in [0.1, 0.15) is 6.33 Å². The largest absolute Gasteiger partial charge is 0.478 e. The van der Waals surface area contributed by atoms with E-state index in [1.807, 2.05) is 37.4 Å². The van der Waals surface area contributed by atoms with Crippen LogP contribution in [0.4, 0.5) is 0 Å². The summed E-state index contributed by atoms with van der Waals surface area (Å²) in [5, 5.41) is 15.7. The van der Waals surface area contributed by atoms with Crippen molar-refractivity contribution in [1.29, 1.82) is 0 Å². The minimum Gasteiger partial charge on any atom is -0.478 e. The van der Waals surface area contributed by atoms with Crippen LogP contribution >= 0.6 is 11.8 Å². The Morgan fingerprint density at radius 2 is 1.95 bits per heavy atom. The van der Waals surface area contributed by atoms with Crippen LogP contribution < -0.4 is 0 Å². The summed E-state index contributed by atoms with van der Waals surface area (Å²) in [6.45, 7) is 0. The van der Waals surface area contributed by atoms with Gasteiger partial charge in [-0.1, -0.05) is 24.3 Å². The van der Waals surface area contributed by atoms with Gasteiger partial charge in [0.25, 0.3) is 0 Å². The molecule has 0 saturated heterocycles. The number of carbonyl (C=O) groups is 1. The Hall–Kier alpha value is -2.34. The Balaban J connectivity index is 2.15. The molecule has 1 aromatic heterocycles. The molecule has 1 N–H and O–H groups in total. The molecule has 0 atom stereocenters. The lowest BCUT2D eigenvalue weighted by Crippen LogP contribution is -1.98. The monoisotopic (exact) mass is 285 g/mol. The van der Waals surface area contributed by atoms with Crippen molar-refractivity contribution in [2.45, 2.75) is 10.1 Å². The Labute approximate surface area is 119 Å². The molecule has 0 bridgehead atoms. The molecular weight excluding hydrogens is 274 g/mol. The first kappa shape index (κ1) is 12.7. The molecule has 1 heterocycles. The number of hydrogen-bond donors (Lipinski definition) is 1. The third kappa shape index (κ3) is 2.14. The second-order valence-corrected chi connectivity index (χ2v) is 5.24. The van der Waals surface area contributed by atoms with Crippen molar-refractivity contribution >= 4 is 28.5 Å². The van der Waals surface area contributed by atoms with Crippen LogP contribution in [0.3, 0.4) is 0 Å². The maximum atomic E-state index is 11.3. The summed E-state index contributed by atoms with van der Waals surface area (Å²) in [5.74, 6) is -0.920. The van der Waals surface area contributed by atoms with Gasteiger partial charge in [0.05, 0.1) is 5.56 Å². The molecule has 3 rings (SSSR count). The van der Waals surface area contributed by atoms with Crippen molar-refractivity contribution in [2.24, 2.45) is 7.05 Å². The number of fused-ring (bicyclic) bond motifs is 1. The van der Waals surface area contributed by atoms with Gasteiger partial charge in [0.2, 0.25) is 0 Å². The predicted molar refractivity (Wildman–Crippen MR) is 76.0 cm³/mol. The van der Waals surface area contributed by atoms with E-state index in [1.54, 1.807) is 10.7 Å². The third-order valence-electron chi connectivity index (χ3n) is 2.99. The molecule has 0 amide bonds. The number of aryl methyl sites for hydroxylation is 1. The Morgan fingerprint density at radius 1 is 1.20 bits per heavy atom. The first-order valence-corrected chi connectivity index (χ1v) is 6.75. The maximum Gasteiger partial charge on any atom is 0.336 e. The van der Waals surface area contributed by atoms with Crippen LogP contribution in [0.15, 0.2) is 52.8 Å². The quantitative estimate of drug-likeness (QED) is 0.801. The Kier molecular flexibility index (Phi) is 3.15. The van der Waals surface area contributed by atoms with Gasteiger partial charge >= 0.3 is 5.97 Å². The standard InChI is InChI=1S/C14H11N3O2S/c1-17-14(15-8-16-17)20-12-7-6-11(13(18)19)9-4-2-3-5-10(9)12/h2-8H,1H3,(H,18,19). The number of carboxylic acids is 1. The van der Waals surface area contributed by atoms with Crippen molar-refractivity contribution in [1.82, 2.24) is 14.8 Å². The number of hydrogen-bond acceptors (Lipinski definition) is 4. The van der Waals surface area contributed by atoms with Gasteiger partial charge in [-0.3, -0.25) is 0 Å². The van der Waals surface area contributed by atoms with Crippen LogP contribution in [0.1, 0.15) is 10.4 Å². The van der Waals surface area contributed by atoms with Crippen LogP contribution in [0.5, 0.6) is 0 Å². The fraction of sp³-hybridized carbons (Fsp3) is 0.0714. The molecule has 20 heavy (non-hydrogen) atoms. The molecule has 0 aliphatic rings. The van der Waals surface area contributed by atoms with E-state index >= 15 is 0 Å². The predicted octanol–water partition coefficient (Wildman–Crippen LogP) is 2.82. The van der Waals surface area contributed by atoms with Crippen molar-refractivity contribution in [3.63, 3.8) is 0 Å². The lowest BCUT2D eigenvalue weighted by atomic mass is 10.0. The highest BCUT2D eigenvalue weighted by Crippen LogP contribution is 2.33. The molecule has 6 heteroatoms. The van der Waals surface area contributed by atoms with E-state index in [1.165, 1.54) is 18.1 Å². The second kappa shape index (κ2) is 4.97. The number of carboxylic acid groups (broad SMARTS) is 1. The average molecular weight is 285 g/mol. The molecule has 5 nitrogen and oxygen atoms in total. The van der Waals surface area contributed by atoms with Gasteiger partial charge in [-0.2, -0.15) is 5.10 Å². The molecule has 2 aromatic carbocycles. The lowest BCUT2D eigenvalue weighted by Gasteiger charge is -2.08. The van der Waals surface area contributed by atoms with Crippen LogP contribution in [0, 0.1) is 0 Å². The summed E-state index contributed by atoms with van der Waals surface area (Å²) >= 11 is 1.47. The number of aromatic carboxylic acids is 1. The summed E-state index contributed by atoms with van der Waals surface area (Å²) in [5.41, 5.74) is 0.308. The van der Waals surface area contributed by atoms with Gasteiger partial charge in [0.15, 0.2) is 5.16 Å². The fourth-order valence-electron chi connectivity index (χ4n) is 2.02. The van der Waals surface area contributed by atoms with Gasteiger partial charge in [-0.15, -0.1) is 0 Å². The highest BCUT2D eigenvalue weighted by Gasteiger charge is 2.13. The third-order valence-corrected chi connectivity index (χ3v) is 4.11. The molecule has 100 valence electrons. The maximum absolute atomic E-state index is 11.3. The second-order valence-electron chi connectivity index (χ2n) is 4.23. The van der Waals surface area contributed by atoms with E-state index in [0.29, 0.717) is 5.56 Å². The normalized spacial score (nSPS) is 10.8. The van der Waals surface area contributed by atoms with E-state index in [-0.39, 0.29) is 0 Å². The van der Waals surface area contributed by atoms with E-state index in [0.717, 1.165) is 20.8 Å². The number of benzene rings is 2. The molecule has 0 fully saturated rings. The van der Waals surface area contributed by atoms with Crippen molar-refractivity contribution in [3.8, 4) is 0 Å². The summed E-state index contributed by atoms with van der Waals surface area (Å²) in [4.78, 5) is 16.4. The van der Waals surface area contributed by atoms with E-state index in [4.69, 9.17) is 0 Å². The van der Waals surface area contributed by atoms with Crippen molar-refractivity contribution < 1.29 is 9.90 Å². The molecule has 0 aliphatic heterocycles. The van der Waals surface area contributed by atoms with Crippen LogP contribution in [0.25, 0.3) is 10.8 Å². The Morgan fingerprint density at radius 3 is 2.60 bits per heavy atom. The van der Waals surface area contributed by atoms with E-state index in [9.17, 15) is 9.90 Å². The first-order valence-electron chi connectivity index (χ1n) is 5.93. The molecule has 0 saturated carbocycles. The number of aromatic nitrogens is 3. The van der Waals surface area contributed by atoms with Crippen LogP contribution in [-0.4, -0.2) is 25.8 Å². The average Bonchev–Trinajstić information content (AvgIpc) is 2.84. The fourth-order valence-corrected chi connectivity index (χ4v) is 2.92. The van der Waals surface area contributed by atoms with E-state index < -0.39 is 5.97 Å². The molecule has 0 aliphatic carbocycles. The number of nitrogens with zero attached hydrogens (tertiary/aromatic N) is 3. The van der Waals surface area contributed by atoms with Crippen molar-refractivity contribution in [3.05, 3.63) is 48.3 Å². The van der Waals surface area contributed by atoms with E-state index in [2.05, 4.69) is 10.1 Å². The molecule has 0 unspecified atom stereocenters. The van der Waals surface area contributed by atoms with Crippen LogP contribution in [-0.2, 0) is 7.05 Å². The lowest BCUT2D eigenvalue weighted by molar-refractivity contribution is 0.0699. The summed E-state index contributed by atoms with van der Waals surface area (Å²) in [6, 6.07) is 10.9. The molecule has 0 spiro atoms. The highest BCUT2D eigenvalue weighted by molar-refractivity contribution is 7.99. The van der Waals surface area contributed by atoms with Gasteiger partial charge in [-0.05, 0) is 34.7 Å². The Bertz CT molecular complexity index is 798. The topological polar surface area (TPSA) is 68.0 Å². The van der Waals surface area contributed by atoms with Crippen LogP contribution in [0.2, 0.25) is 0 Å². The minimum absolute atomic E-state index is 0.308. The summed E-state index contributed by atoms with van der Waals surface area (Å²) in [7, 11) is 1.82.